The number of carbonyl (C=O) groups is 1. The molecule has 1 fully saturated rings. The Morgan fingerprint density at radius 2 is 2.00 bits per heavy atom. The van der Waals surface area contributed by atoms with Gasteiger partial charge in [0.05, 0.1) is 5.69 Å². The van der Waals surface area contributed by atoms with Gasteiger partial charge in [0, 0.05) is 13.1 Å². The molecule has 1 aliphatic heterocycles. The van der Waals surface area contributed by atoms with Gasteiger partial charge in [-0.15, -0.1) is 5.10 Å². The van der Waals surface area contributed by atoms with E-state index in [9.17, 15) is 4.79 Å². The van der Waals surface area contributed by atoms with Crippen molar-refractivity contribution < 1.29 is 4.79 Å². The zero-order valence-corrected chi connectivity index (χ0v) is 11.0. The van der Waals surface area contributed by atoms with E-state index in [0.29, 0.717) is 5.82 Å². The van der Waals surface area contributed by atoms with Crippen molar-refractivity contribution in [1.29, 1.82) is 0 Å². The van der Waals surface area contributed by atoms with Crippen molar-refractivity contribution in [1.82, 2.24) is 15.1 Å². The van der Waals surface area contributed by atoms with Gasteiger partial charge in [0.15, 0.2) is 0 Å². The fourth-order valence-corrected chi connectivity index (χ4v) is 2.15. The molecule has 2 heterocycles. The van der Waals surface area contributed by atoms with Crippen LogP contribution in [0.4, 0.5) is 5.82 Å². The molecule has 1 aromatic rings. The maximum Gasteiger partial charge on any atom is 0.244 e. The van der Waals surface area contributed by atoms with Crippen LogP contribution < -0.4 is 5.32 Å². The second-order valence-corrected chi connectivity index (χ2v) is 4.81. The summed E-state index contributed by atoms with van der Waals surface area (Å²) in [6.45, 7) is 5.52. The van der Waals surface area contributed by atoms with Crippen LogP contribution in [0.25, 0.3) is 0 Å². The average molecular weight is 248 g/mol. The lowest BCUT2D eigenvalue weighted by Gasteiger charge is -2.29. The monoisotopic (exact) mass is 248 g/mol. The van der Waals surface area contributed by atoms with Crippen LogP contribution in [-0.4, -0.2) is 40.1 Å². The van der Waals surface area contributed by atoms with E-state index in [4.69, 9.17) is 0 Å². The summed E-state index contributed by atoms with van der Waals surface area (Å²) < 4.78 is 0. The molecule has 0 bridgehead atoms. The Balaban J connectivity index is 1.92. The van der Waals surface area contributed by atoms with Crippen molar-refractivity contribution in [3.63, 3.8) is 0 Å². The molecule has 2 rings (SSSR count). The number of hydrogen-bond donors (Lipinski definition) is 1. The Hall–Kier alpha value is -1.65. The Morgan fingerprint density at radius 3 is 2.61 bits per heavy atom. The fraction of sp³-hybridized carbons (Fsp3) is 0.615. The van der Waals surface area contributed by atoms with Crippen molar-refractivity contribution in [2.45, 2.75) is 39.2 Å². The molecule has 1 saturated heterocycles. The molecule has 0 spiro atoms. The van der Waals surface area contributed by atoms with Crippen LogP contribution in [0.1, 0.15) is 31.9 Å². The summed E-state index contributed by atoms with van der Waals surface area (Å²) in [6, 6.07) is 3.48. The quantitative estimate of drug-likeness (QED) is 0.882. The zero-order valence-electron chi connectivity index (χ0n) is 11.0. The van der Waals surface area contributed by atoms with E-state index in [-0.39, 0.29) is 11.9 Å². The molecule has 0 saturated carbocycles. The van der Waals surface area contributed by atoms with Gasteiger partial charge >= 0.3 is 0 Å². The van der Waals surface area contributed by atoms with E-state index < -0.39 is 0 Å². The lowest BCUT2D eigenvalue weighted by atomic mass is 10.1. The highest BCUT2D eigenvalue weighted by atomic mass is 16.2. The normalized spacial score (nSPS) is 17.3. The van der Waals surface area contributed by atoms with Gasteiger partial charge in [-0.2, -0.15) is 5.10 Å². The molecule has 5 nitrogen and oxygen atoms in total. The molecular weight excluding hydrogens is 228 g/mol. The van der Waals surface area contributed by atoms with Crippen LogP contribution in [0.15, 0.2) is 12.1 Å². The van der Waals surface area contributed by atoms with Crippen LogP contribution in [0.3, 0.4) is 0 Å². The number of aromatic nitrogens is 2. The molecular formula is C13H20N4O. The first-order valence-corrected chi connectivity index (χ1v) is 6.52. The third-order valence-electron chi connectivity index (χ3n) is 3.20. The van der Waals surface area contributed by atoms with Crippen molar-refractivity contribution in [2.24, 2.45) is 0 Å². The van der Waals surface area contributed by atoms with Crippen molar-refractivity contribution in [2.75, 3.05) is 18.4 Å². The van der Waals surface area contributed by atoms with Gasteiger partial charge in [0.25, 0.3) is 0 Å². The molecule has 5 heteroatoms. The molecule has 1 aromatic heterocycles. The summed E-state index contributed by atoms with van der Waals surface area (Å²) in [5.41, 5.74) is 0.871. The van der Waals surface area contributed by atoms with E-state index >= 15 is 0 Å². The van der Waals surface area contributed by atoms with Crippen LogP contribution >= 0.6 is 0 Å². The molecule has 18 heavy (non-hydrogen) atoms. The number of amides is 1. The Morgan fingerprint density at radius 1 is 1.28 bits per heavy atom. The third kappa shape index (κ3) is 3.18. The molecule has 1 N–H and O–H groups in total. The topological polar surface area (TPSA) is 58.1 Å². The number of nitrogens with zero attached hydrogens (tertiary/aromatic N) is 3. The smallest absolute Gasteiger partial charge is 0.244 e. The number of likely N-dealkylation sites (tertiary alicyclic amines) is 1. The summed E-state index contributed by atoms with van der Waals surface area (Å²) in [6.07, 6.45) is 3.46. The van der Waals surface area contributed by atoms with Gasteiger partial charge in [0.1, 0.15) is 11.9 Å². The largest absolute Gasteiger partial charge is 0.357 e. The number of hydrogen-bond acceptors (Lipinski definition) is 4. The highest BCUT2D eigenvalue weighted by molar-refractivity contribution is 5.84. The average Bonchev–Trinajstić information content (AvgIpc) is 2.41. The Kier molecular flexibility index (Phi) is 4.12. The molecule has 1 atom stereocenters. The standard InChI is InChI=1S/C13H20N4O/c1-10-6-7-12(16-15-10)14-11(2)13(18)17-8-4-3-5-9-17/h6-7,11H,3-5,8-9H2,1-2H3,(H,14,16). The van der Waals surface area contributed by atoms with E-state index in [0.717, 1.165) is 31.6 Å². The number of nitrogens with one attached hydrogen (secondary N) is 1. The van der Waals surface area contributed by atoms with E-state index in [2.05, 4.69) is 15.5 Å². The third-order valence-corrected chi connectivity index (χ3v) is 3.20. The maximum atomic E-state index is 12.2. The number of rotatable bonds is 3. The first-order chi connectivity index (χ1) is 8.66. The number of piperidine rings is 1. The van der Waals surface area contributed by atoms with Gasteiger partial charge in [-0.05, 0) is 45.2 Å². The molecule has 0 radical (unpaired) electrons. The maximum absolute atomic E-state index is 12.2. The van der Waals surface area contributed by atoms with Crippen molar-refractivity contribution >= 4 is 11.7 Å². The minimum Gasteiger partial charge on any atom is -0.357 e. The zero-order chi connectivity index (χ0) is 13.0. The molecule has 1 amide bonds. The van der Waals surface area contributed by atoms with Crippen LogP contribution in [0.5, 0.6) is 0 Å². The lowest BCUT2D eigenvalue weighted by molar-refractivity contribution is -0.132. The predicted octanol–water partition coefficient (Wildman–Crippen LogP) is 1.60. The highest BCUT2D eigenvalue weighted by Gasteiger charge is 2.22. The Bertz CT molecular complexity index is 398. The second-order valence-electron chi connectivity index (χ2n) is 4.81. The summed E-state index contributed by atoms with van der Waals surface area (Å²) in [5.74, 6) is 0.801. The summed E-state index contributed by atoms with van der Waals surface area (Å²) in [4.78, 5) is 14.1. The van der Waals surface area contributed by atoms with Crippen molar-refractivity contribution in [3.05, 3.63) is 17.8 Å². The van der Waals surface area contributed by atoms with Gasteiger partial charge in [0.2, 0.25) is 5.91 Å². The summed E-state index contributed by atoms with van der Waals surface area (Å²) >= 11 is 0. The van der Waals surface area contributed by atoms with E-state index in [1.165, 1.54) is 6.42 Å². The van der Waals surface area contributed by atoms with Crippen LogP contribution in [0.2, 0.25) is 0 Å². The molecule has 1 unspecified atom stereocenters. The lowest BCUT2D eigenvalue weighted by Crippen LogP contribution is -2.44. The minimum atomic E-state index is -0.250. The van der Waals surface area contributed by atoms with E-state index in [1.807, 2.05) is 30.9 Å². The summed E-state index contributed by atoms with van der Waals surface area (Å²) in [5, 5.41) is 11.1. The molecule has 0 aliphatic carbocycles. The fourth-order valence-electron chi connectivity index (χ4n) is 2.15. The number of aryl methyl sites for hydroxylation is 1. The first kappa shape index (κ1) is 12.8. The number of anilines is 1. The van der Waals surface area contributed by atoms with Crippen molar-refractivity contribution in [3.8, 4) is 0 Å². The van der Waals surface area contributed by atoms with Gasteiger partial charge in [-0.25, -0.2) is 0 Å². The Labute approximate surface area is 108 Å². The van der Waals surface area contributed by atoms with Gasteiger partial charge < -0.3 is 10.2 Å². The van der Waals surface area contributed by atoms with Crippen LogP contribution in [-0.2, 0) is 4.79 Å². The second kappa shape index (κ2) is 5.80. The highest BCUT2D eigenvalue weighted by Crippen LogP contribution is 2.11. The minimum absolute atomic E-state index is 0.150. The molecule has 98 valence electrons. The van der Waals surface area contributed by atoms with Gasteiger partial charge in [-0.1, -0.05) is 0 Å². The van der Waals surface area contributed by atoms with Crippen LogP contribution in [0, 0.1) is 6.92 Å². The van der Waals surface area contributed by atoms with E-state index in [1.54, 1.807) is 0 Å². The predicted molar refractivity (Wildman–Crippen MR) is 70.3 cm³/mol. The molecule has 1 aliphatic rings. The molecule has 0 aromatic carbocycles. The number of carbonyl (C=O) groups excluding carboxylic acids is 1. The summed E-state index contributed by atoms with van der Waals surface area (Å²) in [7, 11) is 0. The first-order valence-electron chi connectivity index (χ1n) is 6.52. The van der Waals surface area contributed by atoms with Gasteiger partial charge in [-0.3, -0.25) is 4.79 Å². The SMILES string of the molecule is Cc1ccc(NC(C)C(=O)N2CCCCC2)nn1.